The van der Waals surface area contributed by atoms with Crippen molar-refractivity contribution in [1.82, 2.24) is 0 Å². The van der Waals surface area contributed by atoms with Crippen molar-refractivity contribution in [3.05, 3.63) is 349 Å². The van der Waals surface area contributed by atoms with E-state index in [9.17, 15) is 8.22 Å². The second kappa shape index (κ2) is 25.6. The van der Waals surface area contributed by atoms with Gasteiger partial charge in [0.1, 0.15) is 46.0 Å². The van der Waals surface area contributed by atoms with E-state index >= 15 is 0 Å². The third kappa shape index (κ3) is 10.1. The molecule has 0 saturated heterocycles. The van der Waals surface area contributed by atoms with Crippen molar-refractivity contribution in [2.75, 3.05) is 24.5 Å². The van der Waals surface area contributed by atoms with Crippen molar-refractivity contribution in [1.29, 1.82) is 0 Å². The van der Waals surface area contributed by atoms with Gasteiger partial charge in [-0.05, 0) is 200 Å². The van der Waals surface area contributed by atoms with Crippen molar-refractivity contribution < 1.29 is 27.2 Å². The smallest absolute Gasteiger partial charge is 0.273 e. The number of para-hydroxylation sites is 6. The summed E-state index contributed by atoms with van der Waals surface area (Å²) in [6.45, 7) is 10.7. The van der Waals surface area contributed by atoms with Crippen molar-refractivity contribution in [2.24, 2.45) is 0 Å². The molecule has 6 aliphatic heterocycles. The summed E-state index contributed by atoms with van der Waals surface area (Å²) >= 11 is 3.28. The van der Waals surface area contributed by atoms with E-state index in [-0.39, 0.29) is 59.1 Å². The topological polar surface area (TPSA) is 53.1 Å². The second-order valence-electron chi connectivity index (χ2n) is 30.4. The number of rotatable bonds is 11. The molecule has 0 spiro atoms. The van der Waals surface area contributed by atoms with Gasteiger partial charge in [0.15, 0.2) is 0 Å². The lowest BCUT2D eigenvalue weighted by Crippen LogP contribution is -2.65. The number of hydrogen-bond donors (Lipinski definition) is 0. The zero-order chi connectivity index (χ0) is 81.1. The molecule has 15 aromatic carbocycles. The summed E-state index contributed by atoms with van der Waals surface area (Å²) < 4.78 is 101. The van der Waals surface area contributed by atoms with E-state index in [0.29, 0.717) is 62.5 Å². The fraction of sp³-hybridized carbons (Fsp3) is 0.0600. The average molecular weight is 1510 g/mol. The first-order chi connectivity index (χ1) is 58.6. The fourth-order valence-electron chi connectivity index (χ4n) is 18.8. The predicted octanol–water partition coefficient (Wildman–Crippen LogP) is 21.9. The standard InChI is InChI=1S/C100H70B3N5O4S2/c1-59-45-61(3)95(62(4)46-59)107-80-57-84-78(102-93-86(109-84)51-72(105(67-33-17-9-18-34-67)68-35-19-10-20-36-68)53-88(93)111-97-74-41-25-27-43-90(74)113-99(97)102)55-76(80)101-77-56-79-85(58-81(77)108(96-63(5)47-60(2)48-64(96)6)83-50-71(49-82(107)92(83)101)104(65-29-13-7-14-30-65)66-31-15-8-16-32-66)110-87-52-73(106(69-37-21-11-22-38-69)70-39-23-12-24-40-70)54-89-94(87)103(79)100-98(112-89)75-42-26-28-44-91(75)114-100/h7-58H,1-6H3/i49D,50D,51D,52D,53D,54D. The van der Waals surface area contributed by atoms with Crippen molar-refractivity contribution >= 4 is 196 Å². The highest BCUT2D eigenvalue weighted by Crippen LogP contribution is 2.55. The summed E-state index contributed by atoms with van der Waals surface area (Å²) in [6.07, 6.45) is 0. The van der Waals surface area contributed by atoms with Crippen LogP contribution >= 0.6 is 22.7 Å². The second-order valence-corrected chi connectivity index (χ2v) is 32.6. The van der Waals surface area contributed by atoms with Crippen LogP contribution in [0.1, 0.15) is 41.6 Å². The Balaban J connectivity index is 0.865. The van der Waals surface area contributed by atoms with Gasteiger partial charge in [-0.3, -0.25) is 0 Å². The third-order valence-corrected chi connectivity index (χ3v) is 25.7. The maximum absolute atomic E-state index is 11.8. The Hall–Kier alpha value is -13.4. The minimum absolute atomic E-state index is 0.0127. The van der Waals surface area contributed by atoms with E-state index in [1.165, 1.54) is 0 Å². The minimum Gasteiger partial charge on any atom is -0.458 e. The molecule has 14 heteroatoms. The van der Waals surface area contributed by atoms with Gasteiger partial charge in [0.2, 0.25) is 0 Å². The highest BCUT2D eigenvalue weighted by Gasteiger charge is 2.52. The quantitative estimate of drug-likeness (QED) is 0.118. The molecule has 0 saturated carbocycles. The molecular formula is C100H70B3N5O4S2. The number of anilines is 15. The van der Waals surface area contributed by atoms with Gasteiger partial charge in [-0.1, -0.05) is 181 Å². The summed E-state index contributed by atoms with van der Waals surface area (Å²) in [6, 6.07) is 94.3. The van der Waals surface area contributed by atoms with E-state index in [1.54, 1.807) is 22.7 Å². The molecule has 17 aromatic rings. The van der Waals surface area contributed by atoms with Gasteiger partial charge in [-0.15, -0.1) is 22.7 Å². The Labute approximate surface area is 679 Å². The van der Waals surface area contributed by atoms with Gasteiger partial charge in [0.05, 0.1) is 36.7 Å². The lowest BCUT2D eigenvalue weighted by molar-refractivity contribution is 0.467. The number of ether oxygens (including phenoxy) is 4. The highest BCUT2D eigenvalue weighted by atomic mass is 32.1. The molecule has 0 fully saturated rings. The Bertz CT molecular complexity index is 6730. The number of fused-ring (bicyclic) bond motifs is 16. The molecule has 6 aliphatic rings. The first-order valence-electron chi connectivity index (χ1n) is 41.6. The molecule has 8 heterocycles. The minimum atomic E-state index is -0.799. The van der Waals surface area contributed by atoms with Crippen LogP contribution in [0, 0.1) is 41.5 Å². The Morgan fingerprint density at radius 1 is 0.281 bits per heavy atom. The summed E-state index contributed by atoms with van der Waals surface area (Å²) in [5, 5.41) is 1.80. The number of thiophene rings is 2. The van der Waals surface area contributed by atoms with Gasteiger partial charge in [-0.2, -0.15) is 0 Å². The molecule has 0 radical (unpaired) electrons. The van der Waals surface area contributed by atoms with Crippen LogP contribution < -0.4 is 91.2 Å². The average Bonchev–Trinajstić information content (AvgIpc) is 1.10. The van der Waals surface area contributed by atoms with Crippen LogP contribution in [0.4, 0.5) is 85.3 Å². The number of nitrogens with zero attached hydrogens (tertiary/aromatic N) is 5. The lowest BCUT2D eigenvalue weighted by atomic mass is 9.30. The van der Waals surface area contributed by atoms with Gasteiger partial charge in [0.25, 0.3) is 20.1 Å². The van der Waals surface area contributed by atoms with Crippen LogP contribution in [0.3, 0.4) is 0 Å². The molecule has 540 valence electrons. The van der Waals surface area contributed by atoms with Gasteiger partial charge in [-0.25, -0.2) is 0 Å². The molecule has 114 heavy (non-hydrogen) atoms. The maximum atomic E-state index is 11.8. The monoisotopic (exact) mass is 1510 g/mol. The molecule has 0 atom stereocenters. The Morgan fingerprint density at radius 3 is 0.912 bits per heavy atom. The zero-order valence-electron chi connectivity index (χ0n) is 69.0. The van der Waals surface area contributed by atoms with E-state index in [4.69, 9.17) is 18.9 Å². The van der Waals surface area contributed by atoms with E-state index in [2.05, 4.69) is 129 Å². The largest absolute Gasteiger partial charge is 0.458 e. The number of benzene rings is 15. The summed E-state index contributed by atoms with van der Waals surface area (Å²) in [5.41, 5.74) is 20.8. The SMILES string of the molecule is [2H]c1c2c3c(c([2H])c1N(c1ccccc1)c1ccccc1)Oc1c(sc4ccccc14)B3c1cc3c(cc1O2)N(c1c(C)cc(C)cc1C)c1c([2H])c(N(c2ccccc2)c2ccccc2)c([2H])c2c1B3c1cc3c(cc1N2c1c(C)cc(C)cc1C)Oc1c([2H])c(N(c2ccccc2)c2ccccc2)c([2H])c2c1B3c1sc3ccccc3c1O2. The van der Waals surface area contributed by atoms with Crippen molar-refractivity contribution in [3.8, 4) is 46.0 Å². The molecule has 0 aliphatic carbocycles. The Kier molecular flexibility index (Phi) is 13.5. The highest BCUT2D eigenvalue weighted by molar-refractivity contribution is 7.33. The van der Waals surface area contributed by atoms with Crippen LogP contribution in [-0.4, -0.2) is 20.1 Å². The number of aryl methyl sites for hydroxylation is 6. The van der Waals surface area contributed by atoms with Crippen molar-refractivity contribution in [2.45, 2.75) is 41.5 Å². The van der Waals surface area contributed by atoms with E-state index in [1.807, 2.05) is 216 Å². The molecule has 0 bridgehead atoms. The molecule has 2 aromatic heterocycles. The first-order valence-corrected chi connectivity index (χ1v) is 40.3. The molecule has 0 amide bonds. The first kappa shape index (κ1) is 60.4. The third-order valence-electron chi connectivity index (χ3n) is 23.2. The molecule has 0 N–H and O–H groups in total. The molecular weight excluding hydrogens is 1430 g/mol. The summed E-state index contributed by atoms with van der Waals surface area (Å²) in [4.78, 5) is 10.6. The molecule has 0 unspecified atom stereocenters. The fourth-order valence-corrected chi connectivity index (χ4v) is 21.4. The zero-order valence-corrected chi connectivity index (χ0v) is 64.6. The van der Waals surface area contributed by atoms with E-state index in [0.717, 1.165) is 147 Å². The van der Waals surface area contributed by atoms with Crippen LogP contribution in [0.15, 0.2) is 315 Å². The van der Waals surface area contributed by atoms with Crippen LogP contribution in [0.5, 0.6) is 46.0 Å². The molecule has 23 rings (SSSR count). The van der Waals surface area contributed by atoms with Gasteiger partial charge < -0.3 is 43.4 Å². The van der Waals surface area contributed by atoms with E-state index < -0.39 is 20.1 Å². The van der Waals surface area contributed by atoms with Crippen LogP contribution in [-0.2, 0) is 0 Å². The normalized spacial score (nSPS) is 13.9. The number of hydrogen-bond acceptors (Lipinski definition) is 11. The predicted molar refractivity (Wildman–Crippen MR) is 479 cm³/mol. The molecule has 9 nitrogen and oxygen atoms in total. The van der Waals surface area contributed by atoms with Crippen LogP contribution in [0.2, 0.25) is 0 Å². The Morgan fingerprint density at radius 2 is 0.579 bits per heavy atom. The summed E-state index contributed by atoms with van der Waals surface area (Å²) in [7, 11) is 0. The summed E-state index contributed by atoms with van der Waals surface area (Å²) in [5.74, 6) is 3.37. The van der Waals surface area contributed by atoms with Crippen LogP contribution in [0.25, 0.3) is 20.2 Å². The lowest BCUT2D eigenvalue weighted by Gasteiger charge is -2.47. The van der Waals surface area contributed by atoms with Gasteiger partial charge in [0, 0.05) is 134 Å². The van der Waals surface area contributed by atoms with Gasteiger partial charge >= 0.3 is 0 Å². The van der Waals surface area contributed by atoms with Crippen molar-refractivity contribution in [3.63, 3.8) is 0 Å². The maximum Gasteiger partial charge on any atom is 0.273 e.